The normalized spacial score (nSPS) is 10.5. The van der Waals surface area contributed by atoms with Crippen LogP contribution in [0.1, 0.15) is 0 Å². The van der Waals surface area contributed by atoms with Crippen molar-refractivity contribution in [3.05, 3.63) is 24.3 Å². The van der Waals surface area contributed by atoms with Crippen molar-refractivity contribution in [2.75, 3.05) is 24.5 Å². The van der Waals surface area contributed by atoms with Gasteiger partial charge in [0.2, 0.25) is 11.6 Å². The summed E-state index contributed by atoms with van der Waals surface area (Å²) in [6, 6.07) is 8.38. The number of benzene rings is 1. The fraction of sp³-hybridized carbons (Fsp3) is 0.167. The second-order valence-corrected chi connectivity index (χ2v) is 3.66. The van der Waals surface area contributed by atoms with Gasteiger partial charge in [0.25, 0.3) is 0 Å². The number of nitrogens with two attached hydrogens (primary N) is 1. The number of amides is 1. The smallest absolute Gasteiger partial charge is 0.250 e. The van der Waals surface area contributed by atoms with Crippen LogP contribution in [0.15, 0.2) is 29.4 Å². The largest absolute Gasteiger partial charge is 0.382 e. The molecule has 104 valence electrons. The number of nitriles is 1. The van der Waals surface area contributed by atoms with Gasteiger partial charge in [-0.3, -0.25) is 15.6 Å². The molecule has 5 N–H and O–H groups in total. The Morgan fingerprint density at radius 2 is 2.25 bits per heavy atom. The standard InChI is InChI=1S/C12H14N6O2/c1-20-7-11(19)16-8-3-2-4-9(5-8)17-18-10(6-13)12(14)15/h2-5,17H,7H2,1H3,(H3,14,15)(H,16,19)/b18-10+. The lowest BCUT2D eigenvalue weighted by molar-refractivity contribution is -0.119. The number of amidine groups is 1. The molecule has 1 amide bonds. The first-order chi connectivity index (χ1) is 9.56. The summed E-state index contributed by atoms with van der Waals surface area (Å²) in [5.74, 6) is -0.709. The van der Waals surface area contributed by atoms with Crippen LogP contribution in [-0.4, -0.2) is 31.2 Å². The topological polar surface area (TPSA) is 136 Å². The first kappa shape index (κ1) is 15.1. The number of hydrazone groups is 1. The molecule has 8 nitrogen and oxygen atoms in total. The summed E-state index contributed by atoms with van der Waals surface area (Å²) in [5, 5.41) is 22.1. The molecule has 0 bridgehead atoms. The number of hydrogen-bond acceptors (Lipinski definition) is 6. The van der Waals surface area contributed by atoms with Gasteiger partial charge < -0.3 is 15.8 Å². The van der Waals surface area contributed by atoms with E-state index < -0.39 is 5.84 Å². The van der Waals surface area contributed by atoms with Crippen LogP contribution in [0.3, 0.4) is 0 Å². The Labute approximate surface area is 115 Å². The van der Waals surface area contributed by atoms with E-state index in [1.54, 1.807) is 30.3 Å². The minimum atomic E-state index is -0.426. The number of methoxy groups -OCH3 is 1. The highest BCUT2D eigenvalue weighted by molar-refractivity contribution is 6.45. The van der Waals surface area contributed by atoms with Gasteiger partial charge in [-0.15, -0.1) is 0 Å². The molecule has 0 aliphatic carbocycles. The summed E-state index contributed by atoms with van der Waals surface area (Å²) in [6.45, 7) is -0.0429. The number of nitrogens with zero attached hydrogens (tertiary/aromatic N) is 2. The third-order valence-corrected chi connectivity index (χ3v) is 2.08. The zero-order valence-corrected chi connectivity index (χ0v) is 10.8. The van der Waals surface area contributed by atoms with Gasteiger partial charge >= 0.3 is 0 Å². The van der Waals surface area contributed by atoms with Crippen LogP contribution in [0.4, 0.5) is 11.4 Å². The quantitative estimate of drug-likeness (QED) is 0.340. The number of hydrogen-bond donors (Lipinski definition) is 4. The minimum Gasteiger partial charge on any atom is -0.382 e. The Balaban J connectivity index is 2.76. The SMILES string of the molecule is COCC(=O)Nc1cccc(N/N=C(\C#N)C(=N)N)c1. The van der Waals surface area contributed by atoms with Crippen LogP contribution >= 0.6 is 0 Å². The van der Waals surface area contributed by atoms with E-state index >= 15 is 0 Å². The molecule has 0 atom stereocenters. The molecule has 0 spiro atoms. The molecule has 0 aromatic heterocycles. The molecule has 1 aromatic carbocycles. The highest BCUT2D eigenvalue weighted by Gasteiger charge is 2.03. The van der Waals surface area contributed by atoms with Gasteiger partial charge in [-0.25, -0.2) is 0 Å². The zero-order valence-electron chi connectivity index (χ0n) is 10.8. The first-order valence-corrected chi connectivity index (χ1v) is 5.54. The zero-order chi connectivity index (χ0) is 15.0. The van der Waals surface area contributed by atoms with Gasteiger partial charge in [0.15, 0.2) is 5.84 Å². The molecule has 0 saturated heterocycles. The highest BCUT2D eigenvalue weighted by Crippen LogP contribution is 2.15. The fourth-order valence-corrected chi connectivity index (χ4v) is 1.26. The average molecular weight is 274 g/mol. The van der Waals surface area contributed by atoms with Crippen molar-refractivity contribution in [3.63, 3.8) is 0 Å². The Bertz CT molecular complexity index is 576. The van der Waals surface area contributed by atoms with E-state index in [-0.39, 0.29) is 18.2 Å². The Kier molecular flexibility index (Phi) is 5.68. The second-order valence-electron chi connectivity index (χ2n) is 3.66. The Morgan fingerprint density at radius 1 is 1.55 bits per heavy atom. The number of rotatable bonds is 6. The molecule has 0 heterocycles. The Morgan fingerprint density at radius 3 is 2.85 bits per heavy atom. The van der Waals surface area contributed by atoms with Gasteiger partial charge in [-0.2, -0.15) is 10.4 Å². The van der Waals surface area contributed by atoms with E-state index in [9.17, 15) is 4.79 Å². The third kappa shape index (κ3) is 4.75. The summed E-state index contributed by atoms with van der Waals surface area (Å²) >= 11 is 0. The lowest BCUT2D eigenvalue weighted by atomic mass is 10.3. The molecule has 0 aliphatic heterocycles. The summed E-state index contributed by atoms with van der Waals surface area (Å²) in [7, 11) is 1.43. The van der Waals surface area contributed by atoms with Gasteiger partial charge in [-0.05, 0) is 18.2 Å². The lowest BCUT2D eigenvalue weighted by Gasteiger charge is -2.06. The van der Waals surface area contributed by atoms with Crippen LogP contribution in [0.25, 0.3) is 0 Å². The van der Waals surface area contributed by atoms with Crippen molar-refractivity contribution in [1.29, 1.82) is 10.7 Å². The van der Waals surface area contributed by atoms with Crippen molar-refractivity contribution in [3.8, 4) is 6.07 Å². The van der Waals surface area contributed by atoms with Crippen LogP contribution in [-0.2, 0) is 9.53 Å². The fourth-order valence-electron chi connectivity index (χ4n) is 1.26. The molecule has 1 aromatic rings. The number of nitrogens with one attached hydrogen (secondary N) is 3. The number of ether oxygens (including phenoxy) is 1. The Hall–Kier alpha value is -2.92. The maximum absolute atomic E-state index is 11.4. The molecule has 0 saturated carbocycles. The monoisotopic (exact) mass is 274 g/mol. The van der Waals surface area contributed by atoms with E-state index in [2.05, 4.69) is 15.8 Å². The third-order valence-electron chi connectivity index (χ3n) is 2.08. The predicted octanol–water partition coefficient (Wildman–Crippen LogP) is 0.499. The summed E-state index contributed by atoms with van der Waals surface area (Å²) in [4.78, 5) is 11.4. The van der Waals surface area contributed by atoms with Crippen LogP contribution in [0.5, 0.6) is 0 Å². The van der Waals surface area contributed by atoms with E-state index in [1.165, 1.54) is 7.11 Å². The molecule has 0 radical (unpaired) electrons. The molecular formula is C12H14N6O2. The molecule has 0 fully saturated rings. The van der Waals surface area contributed by atoms with Crippen molar-refractivity contribution in [2.45, 2.75) is 0 Å². The summed E-state index contributed by atoms with van der Waals surface area (Å²) in [5.41, 5.74) is 8.61. The number of carbonyl (C=O) groups is 1. The second kappa shape index (κ2) is 7.50. The van der Waals surface area contributed by atoms with Crippen molar-refractivity contribution in [1.82, 2.24) is 0 Å². The van der Waals surface area contributed by atoms with Crippen LogP contribution in [0.2, 0.25) is 0 Å². The molecule has 0 unspecified atom stereocenters. The predicted molar refractivity (Wildman–Crippen MR) is 75.5 cm³/mol. The highest BCUT2D eigenvalue weighted by atomic mass is 16.5. The average Bonchev–Trinajstić information content (AvgIpc) is 2.39. The van der Waals surface area contributed by atoms with Crippen molar-refractivity contribution >= 4 is 28.8 Å². The number of anilines is 2. The molecular weight excluding hydrogens is 260 g/mol. The lowest BCUT2D eigenvalue weighted by Crippen LogP contribution is -2.21. The van der Waals surface area contributed by atoms with Gasteiger partial charge in [0.1, 0.15) is 12.7 Å². The van der Waals surface area contributed by atoms with E-state index in [1.807, 2.05) is 0 Å². The molecule has 8 heteroatoms. The summed E-state index contributed by atoms with van der Waals surface area (Å²) < 4.78 is 4.70. The maximum atomic E-state index is 11.4. The molecule has 0 aliphatic rings. The molecule has 20 heavy (non-hydrogen) atoms. The summed E-state index contributed by atoms with van der Waals surface area (Å²) in [6.07, 6.45) is 0. The minimum absolute atomic E-state index is 0.0429. The maximum Gasteiger partial charge on any atom is 0.250 e. The van der Waals surface area contributed by atoms with Gasteiger partial charge in [-0.1, -0.05) is 6.07 Å². The van der Waals surface area contributed by atoms with E-state index in [4.69, 9.17) is 21.1 Å². The number of carbonyl (C=O) groups excluding carboxylic acids is 1. The van der Waals surface area contributed by atoms with Crippen molar-refractivity contribution < 1.29 is 9.53 Å². The van der Waals surface area contributed by atoms with Gasteiger partial charge in [0, 0.05) is 12.8 Å². The van der Waals surface area contributed by atoms with Crippen LogP contribution < -0.4 is 16.5 Å². The van der Waals surface area contributed by atoms with E-state index in [0.717, 1.165) is 0 Å². The first-order valence-electron chi connectivity index (χ1n) is 5.54. The van der Waals surface area contributed by atoms with Crippen LogP contribution in [0, 0.1) is 16.7 Å². The van der Waals surface area contributed by atoms with E-state index in [0.29, 0.717) is 11.4 Å². The molecule has 1 rings (SSSR count). The van der Waals surface area contributed by atoms with Crippen molar-refractivity contribution in [2.24, 2.45) is 10.8 Å². The van der Waals surface area contributed by atoms with Gasteiger partial charge in [0.05, 0.1) is 5.69 Å².